The number of ether oxygens (including phenoxy) is 1. The molecule has 4 heteroatoms. The van der Waals surface area contributed by atoms with Gasteiger partial charge in [-0.1, -0.05) is 18.2 Å². The molecular weight excluding hydrogens is 230 g/mol. The van der Waals surface area contributed by atoms with Crippen molar-refractivity contribution in [1.82, 2.24) is 0 Å². The first-order valence-electron chi connectivity index (χ1n) is 5.97. The third-order valence-electron chi connectivity index (χ3n) is 2.78. The number of aldehydes is 1. The van der Waals surface area contributed by atoms with Gasteiger partial charge < -0.3 is 9.53 Å². The Morgan fingerprint density at radius 2 is 2.06 bits per heavy atom. The van der Waals surface area contributed by atoms with Crippen LogP contribution in [0.3, 0.4) is 0 Å². The maximum atomic E-state index is 12.1. The lowest BCUT2D eigenvalue weighted by molar-refractivity contribution is -0.108. The van der Waals surface area contributed by atoms with E-state index in [-0.39, 0.29) is 5.92 Å². The summed E-state index contributed by atoms with van der Waals surface area (Å²) in [5.74, 6) is -0.256. The Morgan fingerprint density at radius 3 is 2.67 bits per heavy atom. The molecule has 0 saturated heterocycles. The van der Waals surface area contributed by atoms with Crippen molar-refractivity contribution in [3.05, 3.63) is 29.8 Å². The smallest absolute Gasteiger partial charge is 0.414 e. The molecule has 1 aromatic carbocycles. The zero-order chi connectivity index (χ0) is 13.3. The maximum absolute atomic E-state index is 12.1. The number of amides is 1. The molecule has 0 spiro atoms. The van der Waals surface area contributed by atoms with Crippen molar-refractivity contribution in [1.29, 1.82) is 0 Å². The Kier molecular flexibility index (Phi) is 3.11. The first-order valence-corrected chi connectivity index (χ1v) is 5.97. The third-order valence-corrected chi connectivity index (χ3v) is 2.78. The Hall–Kier alpha value is -1.84. The molecule has 1 unspecified atom stereocenters. The lowest BCUT2D eigenvalue weighted by Gasteiger charge is -2.24. The first-order chi connectivity index (χ1) is 8.42. The fourth-order valence-electron chi connectivity index (χ4n) is 2.05. The summed E-state index contributed by atoms with van der Waals surface area (Å²) < 4.78 is 5.34. The summed E-state index contributed by atoms with van der Waals surface area (Å²) in [5.41, 5.74) is 1.12. The highest BCUT2D eigenvalue weighted by Gasteiger charge is 2.34. The minimum absolute atomic E-state index is 0.256. The molecule has 0 radical (unpaired) electrons. The molecule has 1 heterocycles. The third kappa shape index (κ3) is 2.37. The number of carbonyl (C=O) groups excluding carboxylic acids is 2. The van der Waals surface area contributed by atoms with Crippen LogP contribution in [0.5, 0.6) is 0 Å². The second-order valence-corrected chi connectivity index (χ2v) is 5.39. The van der Waals surface area contributed by atoms with Crippen LogP contribution in [-0.4, -0.2) is 24.5 Å². The van der Waals surface area contributed by atoms with E-state index in [1.165, 1.54) is 4.90 Å². The Morgan fingerprint density at radius 1 is 1.39 bits per heavy atom. The zero-order valence-electron chi connectivity index (χ0n) is 10.8. The molecule has 0 saturated carbocycles. The summed E-state index contributed by atoms with van der Waals surface area (Å²) in [6.07, 6.45) is 0.475. The van der Waals surface area contributed by atoms with Gasteiger partial charge in [0.25, 0.3) is 0 Å². The second kappa shape index (κ2) is 4.44. The molecule has 0 aliphatic carbocycles. The van der Waals surface area contributed by atoms with Gasteiger partial charge in [-0.25, -0.2) is 4.79 Å². The SMILES string of the molecule is CC(C)(C)OC(=O)N1CC(C=O)c2ccccc21. The molecule has 2 rings (SSSR count). The van der Waals surface area contributed by atoms with Gasteiger partial charge in [-0.2, -0.15) is 0 Å². The van der Waals surface area contributed by atoms with Gasteiger partial charge in [0, 0.05) is 6.54 Å². The summed E-state index contributed by atoms with van der Waals surface area (Å²) in [7, 11) is 0. The van der Waals surface area contributed by atoms with Gasteiger partial charge in [0.05, 0.1) is 11.6 Å². The summed E-state index contributed by atoms with van der Waals surface area (Å²) in [5, 5.41) is 0. The van der Waals surface area contributed by atoms with Gasteiger partial charge in [0.1, 0.15) is 11.9 Å². The lowest BCUT2D eigenvalue weighted by atomic mass is 10.0. The van der Waals surface area contributed by atoms with Crippen molar-refractivity contribution in [2.24, 2.45) is 0 Å². The molecule has 0 fully saturated rings. The van der Waals surface area contributed by atoms with Crippen LogP contribution in [0.1, 0.15) is 32.3 Å². The highest BCUT2D eigenvalue weighted by molar-refractivity contribution is 5.93. The van der Waals surface area contributed by atoms with Crippen molar-refractivity contribution >= 4 is 18.1 Å². The molecule has 1 atom stereocenters. The van der Waals surface area contributed by atoms with E-state index in [2.05, 4.69) is 0 Å². The van der Waals surface area contributed by atoms with Crippen molar-refractivity contribution in [2.75, 3.05) is 11.4 Å². The highest BCUT2D eigenvalue weighted by Crippen LogP contribution is 2.35. The van der Waals surface area contributed by atoms with E-state index in [0.717, 1.165) is 17.5 Å². The minimum atomic E-state index is -0.536. The molecular formula is C14H17NO3. The van der Waals surface area contributed by atoms with Gasteiger partial charge in [-0.3, -0.25) is 4.90 Å². The number of nitrogens with zero attached hydrogens (tertiary/aromatic N) is 1. The van der Waals surface area contributed by atoms with Crippen LogP contribution >= 0.6 is 0 Å². The number of para-hydroxylation sites is 1. The average molecular weight is 247 g/mol. The van der Waals surface area contributed by atoms with E-state index >= 15 is 0 Å². The van der Waals surface area contributed by atoms with Crippen LogP contribution in [0.15, 0.2) is 24.3 Å². The summed E-state index contributed by atoms with van der Waals surface area (Å²) in [6.45, 7) is 5.83. The monoisotopic (exact) mass is 247 g/mol. The number of benzene rings is 1. The fraction of sp³-hybridized carbons (Fsp3) is 0.429. The molecule has 0 aromatic heterocycles. The molecule has 0 bridgehead atoms. The van der Waals surface area contributed by atoms with Crippen molar-refractivity contribution < 1.29 is 14.3 Å². The predicted octanol–water partition coefficient (Wildman–Crippen LogP) is 2.72. The van der Waals surface area contributed by atoms with E-state index in [1.807, 2.05) is 45.0 Å². The largest absolute Gasteiger partial charge is 0.443 e. The van der Waals surface area contributed by atoms with Crippen LogP contribution in [0.25, 0.3) is 0 Å². The molecule has 0 N–H and O–H groups in total. The van der Waals surface area contributed by atoms with E-state index in [4.69, 9.17) is 4.74 Å². The Bertz CT molecular complexity index is 476. The van der Waals surface area contributed by atoms with Crippen molar-refractivity contribution in [3.8, 4) is 0 Å². The van der Waals surface area contributed by atoms with Crippen LogP contribution in [0.4, 0.5) is 10.5 Å². The number of hydrogen-bond acceptors (Lipinski definition) is 3. The van der Waals surface area contributed by atoms with Crippen LogP contribution in [0, 0.1) is 0 Å². The van der Waals surface area contributed by atoms with Crippen LogP contribution in [0.2, 0.25) is 0 Å². The minimum Gasteiger partial charge on any atom is -0.443 e. The van der Waals surface area contributed by atoms with E-state index in [9.17, 15) is 9.59 Å². The Balaban J connectivity index is 2.27. The highest BCUT2D eigenvalue weighted by atomic mass is 16.6. The fourth-order valence-corrected chi connectivity index (χ4v) is 2.05. The van der Waals surface area contributed by atoms with Gasteiger partial charge in [0.2, 0.25) is 0 Å². The number of rotatable bonds is 1. The number of hydrogen-bond donors (Lipinski definition) is 0. The molecule has 4 nitrogen and oxygen atoms in total. The normalized spacial score (nSPS) is 18.4. The Labute approximate surface area is 107 Å². The molecule has 1 aromatic rings. The maximum Gasteiger partial charge on any atom is 0.414 e. The van der Waals surface area contributed by atoms with Gasteiger partial charge in [-0.15, -0.1) is 0 Å². The number of carbonyl (C=O) groups is 2. The second-order valence-electron chi connectivity index (χ2n) is 5.39. The molecule has 18 heavy (non-hydrogen) atoms. The number of fused-ring (bicyclic) bond motifs is 1. The molecule has 1 aliphatic heterocycles. The van der Waals surface area contributed by atoms with Crippen molar-refractivity contribution in [3.63, 3.8) is 0 Å². The first kappa shape index (κ1) is 12.6. The van der Waals surface area contributed by atoms with E-state index in [0.29, 0.717) is 6.54 Å². The molecule has 1 amide bonds. The zero-order valence-corrected chi connectivity index (χ0v) is 10.8. The standard InChI is InChI=1S/C14H17NO3/c1-14(2,3)18-13(17)15-8-10(9-16)11-6-4-5-7-12(11)15/h4-7,9-10H,8H2,1-3H3. The lowest BCUT2D eigenvalue weighted by Crippen LogP contribution is -2.36. The van der Waals surface area contributed by atoms with Gasteiger partial charge in [0.15, 0.2) is 0 Å². The van der Waals surface area contributed by atoms with Gasteiger partial charge >= 0.3 is 6.09 Å². The molecule has 1 aliphatic rings. The molecule has 96 valence electrons. The topological polar surface area (TPSA) is 46.6 Å². The van der Waals surface area contributed by atoms with Gasteiger partial charge in [-0.05, 0) is 32.4 Å². The van der Waals surface area contributed by atoms with Crippen LogP contribution < -0.4 is 4.90 Å². The van der Waals surface area contributed by atoms with Crippen molar-refractivity contribution in [2.45, 2.75) is 32.3 Å². The number of anilines is 1. The summed E-state index contributed by atoms with van der Waals surface area (Å²) in [6, 6.07) is 7.43. The predicted molar refractivity (Wildman–Crippen MR) is 68.8 cm³/mol. The van der Waals surface area contributed by atoms with Crippen LogP contribution in [-0.2, 0) is 9.53 Å². The summed E-state index contributed by atoms with van der Waals surface area (Å²) >= 11 is 0. The quantitative estimate of drug-likeness (QED) is 0.717. The summed E-state index contributed by atoms with van der Waals surface area (Å²) in [4.78, 5) is 24.6. The van der Waals surface area contributed by atoms with E-state index in [1.54, 1.807) is 0 Å². The average Bonchev–Trinajstić information content (AvgIpc) is 2.65. The van der Waals surface area contributed by atoms with E-state index < -0.39 is 11.7 Å².